The number of ether oxygens (including phenoxy) is 1. The fraction of sp³-hybridized carbons (Fsp3) is 0.314. The Morgan fingerprint density at radius 3 is 2.30 bits per heavy atom. The van der Waals surface area contributed by atoms with Gasteiger partial charge >= 0.3 is 6.09 Å². The monoisotopic (exact) mass is 693 g/mol. The molecule has 0 aliphatic carbocycles. The Balaban J connectivity index is 0.00000423. The fourth-order valence-corrected chi connectivity index (χ4v) is 5.52. The van der Waals surface area contributed by atoms with E-state index in [0.717, 1.165) is 69.1 Å². The van der Waals surface area contributed by atoms with Gasteiger partial charge in [-0.15, -0.1) is 0 Å². The SMILES string of the molecule is C[N+]1(C)CCC(OC(=O)Nc2cc(CCCC(=O)Nc3ccc4cc(CO)ccc4c3)ccc2-c2ccccc2)CC1.[I-]. The third kappa shape index (κ3) is 9.01. The van der Waals surface area contributed by atoms with Crippen LogP contribution in [0, 0.1) is 0 Å². The summed E-state index contributed by atoms with van der Waals surface area (Å²) in [5.41, 5.74) is 5.30. The third-order valence-electron chi connectivity index (χ3n) is 8.03. The van der Waals surface area contributed by atoms with Gasteiger partial charge in [0.15, 0.2) is 0 Å². The van der Waals surface area contributed by atoms with E-state index in [4.69, 9.17) is 4.74 Å². The summed E-state index contributed by atoms with van der Waals surface area (Å²) in [6.07, 6.45) is 2.97. The number of hydrogen-bond acceptors (Lipinski definition) is 4. The first kappa shape index (κ1) is 32.4. The van der Waals surface area contributed by atoms with Gasteiger partial charge in [0.05, 0.1) is 39.5 Å². The Morgan fingerprint density at radius 2 is 1.56 bits per heavy atom. The van der Waals surface area contributed by atoms with Gasteiger partial charge < -0.3 is 43.6 Å². The van der Waals surface area contributed by atoms with Crippen LogP contribution in [0.1, 0.15) is 36.8 Å². The molecule has 0 spiro atoms. The van der Waals surface area contributed by atoms with Crippen molar-refractivity contribution in [3.8, 4) is 11.1 Å². The zero-order valence-corrected chi connectivity index (χ0v) is 27.0. The minimum Gasteiger partial charge on any atom is -1.00 e. The minimum atomic E-state index is -0.427. The Labute approximate surface area is 270 Å². The van der Waals surface area contributed by atoms with Gasteiger partial charge in [-0.2, -0.15) is 0 Å². The Bertz CT molecular complexity index is 1550. The van der Waals surface area contributed by atoms with Crippen LogP contribution in [0.2, 0.25) is 0 Å². The summed E-state index contributed by atoms with van der Waals surface area (Å²) in [5, 5.41) is 17.4. The van der Waals surface area contributed by atoms with Crippen LogP contribution in [-0.4, -0.2) is 54.9 Å². The smallest absolute Gasteiger partial charge is 0.411 e. The molecule has 1 heterocycles. The Morgan fingerprint density at radius 1 is 0.860 bits per heavy atom. The second-order valence-electron chi connectivity index (χ2n) is 11.8. The number of halogens is 1. The molecule has 43 heavy (non-hydrogen) atoms. The van der Waals surface area contributed by atoms with Gasteiger partial charge in [0.2, 0.25) is 5.91 Å². The number of anilines is 2. The maximum absolute atomic E-state index is 12.9. The van der Waals surface area contributed by atoms with Crippen molar-refractivity contribution in [3.05, 3.63) is 96.1 Å². The molecule has 1 aliphatic heterocycles. The summed E-state index contributed by atoms with van der Waals surface area (Å²) in [5.74, 6) is -0.0431. The average molecular weight is 694 g/mol. The van der Waals surface area contributed by atoms with Crippen LogP contribution in [0.4, 0.5) is 16.2 Å². The van der Waals surface area contributed by atoms with Crippen molar-refractivity contribution in [3.63, 3.8) is 0 Å². The van der Waals surface area contributed by atoms with Crippen molar-refractivity contribution in [2.75, 3.05) is 37.8 Å². The highest BCUT2D eigenvalue weighted by Gasteiger charge is 2.28. The number of nitrogens with one attached hydrogen (secondary N) is 2. The normalized spacial score (nSPS) is 14.5. The molecule has 0 bridgehead atoms. The van der Waals surface area contributed by atoms with Gasteiger partial charge in [0, 0.05) is 30.5 Å². The zero-order chi connectivity index (χ0) is 29.5. The molecule has 0 atom stereocenters. The van der Waals surface area contributed by atoms with Crippen molar-refractivity contribution < 1.29 is 47.9 Å². The van der Waals surface area contributed by atoms with Crippen LogP contribution in [0.5, 0.6) is 0 Å². The van der Waals surface area contributed by atoms with Crippen molar-refractivity contribution in [1.29, 1.82) is 0 Å². The van der Waals surface area contributed by atoms with Crippen LogP contribution >= 0.6 is 0 Å². The molecular formula is C35H40IN3O4. The molecule has 1 aliphatic rings. The maximum Gasteiger partial charge on any atom is 0.411 e. The highest BCUT2D eigenvalue weighted by atomic mass is 127. The van der Waals surface area contributed by atoms with E-state index < -0.39 is 6.09 Å². The predicted molar refractivity (Wildman–Crippen MR) is 168 cm³/mol. The minimum absolute atomic E-state index is 0. The molecular weight excluding hydrogens is 653 g/mol. The number of benzene rings is 4. The predicted octanol–water partition coefficient (Wildman–Crippen LogP) is 3.75. The van der Waals surface area contributed by atoms with Crippen molar-refractivity contribution >= 4 is 34.1 Å². The highest BCUT2D eigenvalue weighted by molar-refractivity contribution is 5.95. The number of rotatable bonds is 9. The number of carbonyl (C=O) groups excluding carboxylic acids is 2. The Kier molecular flexibility index (Phi) is 11.2. The molecule has 2 amide bonds. The van der Waals surface area contributed by atoms with E-state index >= 15 is 0 Å². The molecule has 7 nitrogen and oxygen atoms in total. The fourth-order valence-electron chi connectivity index (χ4n) is 5.52. The summed E-state index contributed by atoms with van der Waals surface area (Å²) in [7, 11) is 4.41. The van der Waals surface area contributed by atoms with Gasteiger partial charge in [0.25, 0.3) is 0 Å². The van der Waals surface area contributed by atoms with E-state index in [2.05, 4.69) is 30.8 Å². The lowest BCUT2D eigenvalue weighted by Crippen LogP contribution is -3.00. The van der Waals surface area contributed by atoms with Crippen LogP contribution in [-0.2, 0) is 22.6 Å². The second kappa shape index (κ2) is 14.8. The molecule has 1 fully saturated rings. The van der Waals surface area contributed by atoms with Crippen molar-refractivity contribution in [2.45, 2.75) is 44.8 Å². The van der Waals surface area contributed by atoms with E-state index in [1.54, 1.807) is 0 Å². The summed E-state index contributed by atoms with van der Waals surface area (Å²) >= 11 is 0. The molecule has 0 aromatic heterocycles. The number of aliphatic hydroxyl groups excluding tert-OH is 1. The topological polar surface area (TPSA) is 87.7 Å². The maximum atomic E-state index is 12.9. The van der Waals surface area contributed by atoms with E-state index in [-0.39, 0.29) is 42.6 Å². The lowest BCUT2D eigenvalue weighted by Gasteiger charge is -2.36. The largest absolute Gasteiger partial charge is 1.00 e. The average Bonchev–Trinajstić information content (AvgIpc) is 2.98. The van der Waals surface area contributed by atoms with E-state index in [1.165, 1.54) is 0 Å². The van der Waals surface area contributed by atoms with Crippen LogP contribution < -0.4 is 34.6 Å². The van der Waals surface area contributed by atoms with Gasteiger partial charge in [-0.3, -0.25) is 10.1 Å². The number of fused-ring (bicyclic) bond motifs is 1. The molecule has 226 valence electrons. The molecule has 4 aromatic rings. The number of amides is 2. The standard InChI is InChI=1S/C35H39N3O4.HI/c1-38(2)19-17-31(18-20-38)42-35(41)37-33-22-25(12-16-32(33)27-8-4-3-5-9-27)7-6-10-34(40)36-30-15-14-28-21-26(24-39)11-13-29(28)23-30;/h3-5,8-9,11-16,21-23,31,39H,6-7,10,17-20,24H2,1-2H3,(H-,36,37,40,41);1H. The van der Waals surface area contributed by atoms with Gasteiger partial charge in [-0.25, -0.2) is 4.79 Å². The molecule has 8 heteroatoms. The lowest BCUT2D eigenvalue weighted by molar-refractivity contribution is -0.896. The van der Waals surface area contributed by atoms with Gasteiger partial charge in [-0.1, -0.05) is 60.7 Å². The van der Waals surface area contributed by atoms with Crippen LogP contribution in [0.3, 0.4) is 0 Å². The second-order valence-corrected chi connectivity index (χ2v) is 11.8. The van der Waals surface area contributed by atoms with Gasteiger partial charge in [-0.05, 0) is 64.6 Å². The molecule has 3 N–H and O–H groups in total. The zero-order valence-electron chi connectivity index (χ0n) is 24.8. The first-order valence-corrected chi connectivity index (χ1v) is 14.7. The molecule has 0 saturated carbocycles. The highest BCUT2D eigenvalue weighted by Crippen LogP contribution is 2.30. The first-order chi connectivity index (χ1) is 20.3. The number of carbonyl (C=O) groups is 2. The molecule has 1 saturated heterocycles. The van der Waals surface area contributed by atoms with Crippen molar-refractivity contribution in [1.82, 2.24) is 0 Å². The third-order valence-corrected chi connectivity index (χ3v) is 8.03. The number of hydrogen-bond donors (Lipinski definition) is 3. The number of piperidine rings is 1. The lowest BCUT2D eigenvalue weighted by atomic mass is 9.99. The summed E-state index contributed by atoms with van der Waals surface area (Å²) in [6.45, 7) is 1.98. The number of nitrogens with zero attached hydrogens (tertiary/aromatic N) is 1. The van der Waals surface area contributed by atoms with Gasteiger partial charge in [0.1, 0.15) is 6.10 Å². The first-order valence-electron chi connectivity index (χ1n) is 14.7. The summed E-state index contributed by atoms with van der Waals surface area (Å²) in [6, 6.07) is 27.6. The molecule has 0 unspecified atom stereocenters. The number of aryl methyl sites for hydroxylation is 1. The van der Waals surface area contributed by atoms with E-state index in [0.29, 0.717) is 24.9 Å². The van der Waals surface area contributed by atoms with E-state index in [9.17, 15) is 14.7 Å². The number of aliphatic hydroxyl groups is 1. The summed E-state index contributed by atoms with van der Waals surface area (Å²) in [4.78, 5) is 25.6. The van der Waals surface area contributed by atoms with Crippen molar-refractivity contribution in [2.24, 2.45) is 0 Å². The van der Waals surface area contributed by atoms with E-state index in [1.807, 2.05) is 78.9 Å². The number of likely N-dealkylation sites (tertiary alicyclic amines) is 1. The van der Waals surface area contributed by atoms with Crippen LogP contribution in [0.15, 0.2) is 84.9 Å². The molecule has 5 rings (SSSR count). The summed E-state index contributed by atoms with van der Waals surface area (Å²) < 4.78 is 6.76. The number of quaternary nitrogens is 1. The molecule has 4 aromatic carbocycles. The quantitative estimate of drug-likeness (QED) is 0.184. The molecule has 0 radical (unpaired) electrons. The Hall–Kier alpha value is -3.47. The van der Waals surface area contributed by atoms with Crippen LogP contribution in [0.25, 0.3) is 21.9 Å².